The fourth-order valence-corrected chi connectivity index (χ4v) is 8.50. The molecule has 4 aliphatic heterocycles. The largest absolute Gasteiger partial charge is 0.489 e. The Labute approximate surface area is 297 Å². The first-order valence-electron chi connectivity index (χ1n) is 15.5. The van der Waals surface area contributed by atoms with E-state index in [1.807, 2.05) is 17.5 Å². The van der Waals surface area contributed by atoms with E-state index in [-0.39, 0.29) is 41.9 Å². The third kappa shape index (κ3) is 5.40. The number of hydrogen-bond acceptors (Lipinski definition) is 11. The predicted octanol–water partition coefficient (Wildman–Crippen LogP) is 3.74. The summed E-state index contributed by atoms with van der Waals surface area (Å²) in [6, 6.07) is 20.4. The molecule has 13 nitrogen and oxygen atoms in total. The van der Waals surface area contributed by atoms with E-state index in [1.165, 1.54) is 34.1 Å². The van der Waals surface area contributed by atoms with Gasteiger partial charge >= 0.3 is 17.9 Å². The molecule has 8 rings (SSSR count). The first kappa shape index (κ1) is 32.2. The number of fused-ring (bicyclic) bond motifs is 7. The molecule has 0 radical (unpaired) electrons. The molecule has 3 aromatic carbocycles. The molecule has 15 heteroatoms. The number of thiophene rings is 1. The number of esters is 1. The monoisotopic (exact) mass is 724 g/mol. The van der Waals surface area contributed by atoms with E-state index >= 15 is 0 Å². The van der Waals surface area contributed by atoms with Crippen LogP contribution in [0.15, 0.2) is 77.0 Å². The third-order valence-corrected chi connectivity index (χ3v) is 10.9. The van der Waals surface area contributed by atoms with Crippen molar-refractivity contribution >= 4 is 52.8 Å². The van der Waals surface area contributed by atoms with Gasteiger partial charge in [-0.15, -0.1) is 23.1 Å². The molecule has 4 atom stereocenters. The number of amides is 2. The van der Waals surface area contributed by atoms with Gasteiger partial charge in [0, 0.05) is 33.7 Å². The lowest BCUT2D eigenvalue weighted by atomic mass is 9.78. The summed E-state index contributed by atoms with van der Waals surface area (Å²) >= 11 is 2.66. The van der Waals surface area contributed by atoms with Crippen LogP contribution in [-0.4, -0.2) is 75.5 Å². The average Bonchev–Trinajstić information content (AvgIpc) is 3.74. The Morgan fingerprint density at radius 1 is 0.980 bits per heavy atom. The number of nitrogens with zero attached hydrogens (tertiary/aromatic N) is 1. The Kier molecular flexibility index (Phi) is 7.85. The van der Waals surface area contributed by atoms with Crippen molar-refractivity contribution in [3.8, 4) is 23.0 Å². The van der Waals surface area contributed by atoms with Crippen molar-refractivity contribution in [1.82, 2.24) is 10.2 Å². The van der Waals surface area contributed by atoms with Crippen LogP contribution in [0.5, 0.6) is 23.0 Å². The number of rotatable bonds is 10. The van der Waals surface area contributed by atoms with Crippen LogP contribution in [0.1, 0.15) is 31.9 Å². The fraction of sp³-hybridized carbons (Fsp3) is 0.194. The maximum atomic E-state index is 13.1. The number of carboxylic acids is 2. The van der Waals surface area contributed by atoms with Gasteiger partial charge in [0.2, 0.25) is 17.4 Å². The molecule has 1 aromatic heterocycles. The molecule has 1 saturated heterocycles. The summed E-state index contributed by atoms with van der Waals surface area (Å²) in [6.07, 6.45) is 0.124. The molecule has 1 spiro atoms. The highest BCUT2D eigenvalue weighted by molar-refractivity contribution is 8.03. The average molecular weight is 725 g/mol. The van der Waals surface area contributed by atoms with Gasteiger partial charge in [-0.2, -0.15) is 0 Å². The summed E-state index contributed by atoms with van der Waals surface area (Å²) in [6.45, 7) is -0.815. The van der Waals surface area contributed by atoms with Crippen molar-refractivity contribution in [3.05, 3.63) is 116 Å². The first-order chi connectivity index (χ1) is 24.6. The number of aliphatic carboxylic acids is 2. The Bertz CT molecular complexity index is 2170. The molecular formula is C36H24N2O11S2. The highest BCUT2D eigenvalue weighted by Crippen LogP contribution is 2.56. The van der Waals surface area contributed by atoms with Gasteiger partial charge in [-0.25, -0.2) is 14.4 Å². The summed E-state index contributed by atoms with van der Waals surface area (Å²) in [4.78, 5) is 64.5. The number of hydrogen-bond donors (Lipinski definition) is 3. The van der Waals surface area contributed by atoms with Crippen molar-refractivity contribution in [2.75, 3.05) is 13.2 Å². The minimum absolute atomic E-state index is 0.0457. The molecule has 3 N–H and O–H groups in total. The molecule has 5 heterocycles. The van der Waals surface area contributed by atoms with E-state index in [0.29, 0.717) is 27.8 Å². The van der Waals surface area contributed by atoms with E-state index in [1.54, 1.807) is 47.9 Å². The lowest BCUT2D eigenvalue weighted by molar-refractivity contribution is -0.160. The Balaban J connectivity index is 1.05. The van der Waals surface area contributed by atoms with Gasteiger partial charge in [0.25, 0.3) is 0 Å². The molecule has 2 amide bonds. The number of β-lactam (4-membered cyclic amide) rings is 1. The van der Waals surface area contributed by atoms with Crippen LogP contribution in [-0.2, 0) is 35.9 Å². The molecule has 4 aromatic rings. The molecule has 0 bridgehead atoms. The topological polar surface area (TPSA) is 178 Å². The zero-order valence-corrected chi connectivity index (χ0v) is 27.7. The van der Waals surface area contributed by atoms with Crippen LogP contribution < -0.4 is 19.5 Å². The van der Waals surface area contributed by atoms with Crippen LogP contribution in [0.2, 0.25) is 0 Å². The zero-order valence-electron chi connectivity index (χ0n) is 26.1. The molecule has 4 aliphatic rings. The Morgan fingerprint density at radius 3 is 2.61 bits per heavy atom. The SMILES string of the molecule is O=C(O)COc1c#cc2c(c1)Oc1cc(OCC3=CSC4C(NC(=O)Cc5cccs5)C(=O)N4C3C(=O)O)ccc1C21OC(=O)c2ccccc21. The Hall–Kier alpha value is -5.98. The smallest absolute Gasteiger partial charge is 0.341 e. The van der Waals surface area contributed by atoms with Gasteiger partial charge in [0.05, 0.1) is 17.5 Å². The molecule has 4 unspecified atom stereocenters. The lowest BCUT2D eigenvalue weighted by Crippen LogP contribution is -2.74. The van der Waals surface area contributed by atoms with Crippen molar-refractivity contribution in [1.29, 1.82) is 0 Å². The maximum absolute atomic E-state index is 13.1. The van der Waals surface area contributed by atoms with Crippen LogP contribution in [0.25, 0.3) is 0 Å². The second-order valence-corrected chi connectivity index (χ2v) is 13.9. The molecule has 1 fully saturated rings. The van der Waals surface area contributed by atoms with Crippen LogP contribution in [0.3, 0.4) is 0 Å². The van der Waals surface area contributed by atoms with Crippen molar-refractivity contribution in [2.45, 2.75) is 29.5 Å². The summed E-state index contributed by atoms with van der Waals surface area (Å²) in [5.74, 6) is -3.06. The highest BCUT2D eigenvalue weighted by atomic mass is 32.2. The van der Waals surface area contributed by atoms with E-state index in [9.17, 15) is 29.1 Å². The van der Waals surface area contributed by atoms with Gasteiger partial charge < -0.3 is 39.4 Å². The molecule has 0 saturated carbocycles. The van der Waals surface area contributed by atoms with Gasteiger partial charge in [0.15, 0.2) is 18.4 Å². The van der Waals surface area contributed by atoms with Crippen LogP contribution in [0.4, 0.5) is 0 Å². The van der Waals surface area contributed by atoms with Crippen LogP contribution in [0, 0.1) is 12.1 Å². The second-order valence-electron chi connectivity index (χ2n) is 11.9. The van der Waals surface area contributed by atoms with Gasteiger partial charge in [-0.1, -0.05) is 30.3 Å². The quantitative estimate of drug-likeness (QED) is 0.160. The third-order valence-electron chi connectivity index (χ3n) is 8.79. The van der Waals surface area contributed by atoms with Crippen molar-refractivity contribution < 1.29 is 53.1 Å². The van der Waals surface area contributed by atoms with E-state index in [0.717, 1.165) is 4.88 Å². The van der Waals surface area contributed by atoms with Crippen molar-refractivity contribution in [2.24, 2.45) is 0 Å². The number of thioether (sulfide) groups is 1. The summed E-state index contributed by atoms with van der Waals surface area (Å²) in [5, 5.41) is 24.9. The normalized spacial score (nSPS) is 22.1. The van der Waals surface area contributed by atoms with E-state index < -0.39 is 53.5 Å². The lowest BCUT2D eigenvalue weighted by Gasteiger charge is -2.51. The molecule has 51 heavy (non-hydrogen) atoms. The molecule has 256 valence electrons. The number of carbonyl (C=O) groups is 5. The first-order valence-corrected chi connectivity index (χ1v) is 17.3. The van der Waals surface area contributed by atoms with Crippen LogP contribution >= 0.6 is 23.1 Å². The number of carbonyl (C=O) groups excluding carboxylic acids is 3. The van der Waals surface area contributed by atoms with E-state index in [2.05, 4.69) is 17.4 Å². The van der Waals surface area contributed by atoms with Gasteiger partial charge in [-0.05, 0) is 41.1 Å². The Morgan fingerprint density at radius 2 is 1.82 bits per heavy atom. The fourth-order valence-electron chi connectivity index (χ4n) is 6.59. The molecule has 0 aliphatic carbocycles. The predicted molar refractivity (Wildman–Crippen MR) is 179 cm³/mol. The minimum atomic E-state index is -1.48. The molecular weight excluding hydrogens is 701 g/mol. The number of nitrogens with one attached hydrogen (secondary N) is 1. The second kappa shape index (κ2) is 12.4. The highest BCUT2D eigenvalue weighted by Gasteiger charge is 2.56. The number of benzene rings is 2. The van der Waals surface area contributed by atoms with Crippen molar-refractivity contribution in [3.63, 3.8) is 0 Å². The minimum Gasteiger partial charge on any atom is -0.489 e. The number of carboxylic acid groups (broad SMARTS) is 2. The number of ether oxygens (including phenoxy) is 4. The summed E-state index contributed by atoms with van der Waals surface area (Å²) in [7, 11) is 0. The summed E-state index contributed by atoms with van der Waals surface area (Å²) in [5.41, 5.74) is 0.526. The van der Waals surface area contributed by atoms with Gasteiger partial charge in [0.1, 0.15) is 35.3 Å². The maximum Gasteiger partial charge on any atom is 0.341 e. The van der Waals surface area contributed by atoms with E-state index in [4.69, 9.17) is 24.1 Å². The van der Waals surface area contributed by atoms with Gasteiger partial charge in [-0.3, -0.25) is 9.59 Å². The zero-order chi connectivity index (χ0) is 35.4. The standard InChI is InChI=1S/C36H24N2O11S2/c39-28(14-21-4-3-11-50-21)37-30-32(42)38-31(34(43)44)18(17-51-33(30)38)15-46-19-7-9-24-26(12-19)48-27-13-20(47-16-29(40)41)8-10-25(27)36(24)23-6-2-1-5-22(23)35(45)49-36/h1-7,9,11-13,17,30-31,33H,14-16H2,(H,37,39)(H,40,41)(H,43,44). The summed E-state index contributed by atoms with van der Waals surface area (Å²) < 4.78 is 23.7.